The molecule has 1 amide bonds. The molecule has 5 rings (SSSR count). The zero-order valence-electron chi connectivity index (χ0n) is 13.7. The van der Waals surface area contributed by atoms with E-state index in [0.29, 0.717) is 5.92 Å². The van der Waals surface area contributed by atoms with Gasteiger partial charge in [-0.2, -0.15) is 13.2 Å². The average Bonchev–Trinajstić information content (AvgIpc) is 3.04. The van der Waals surface area contributed by atoms with Crippen LogP contribution in [-0.4, -0.2) is 53.4 Å². The summed E-state index contributed by atoms with van der Waals surface area (Å²) >= 11 is 0. The van der Waals surface area contributed by atoms with E-state index < -0.39 is 23.6 Å². The molecule has 26 heavy (non-hydrogen) atoms. The molecule has 3 fully saturated rings. The van der Waals surface area contributed by atoms with E-state index in [1.165, 1.54) is 12.3 Å². The molecule has 0 saturated carbocycles. The standard InChI is InChI=1S/C17H16F3N3O3/c18-17(19,20)15(24)14-5-10-7-21-11(6-13(10)26-14)16(25)22-12-8-23-3-1-9(12)2-4-23/h5-7,9,12H,1-4,8H2,(H,22,25)/t12-/m0/s1. The number of aromatic nitrogens is 1. The Morgan fingerprint density at radius 3 is 2.58 bits per heavy atom. The number of nitrogens with one attached hydrogen (secondary N) is 1. The van der Waals surface area contributed by atoms with Gasteiger partial charge in [0.25, 0.3) is 5.91 Å². The summed E-state index contributed by atoms with van der Waals surface area (Å²) in [6.07, 6.45) is -1.70. The molecule has 0 radical (unpaired) electrons. The van der Waals surface area contributed by atoms with Crippen molar-refractivity contribution < 1.29 is 27.2 Å². The van der Waals surface area contributed by atoms with E-state index in [9.17, 15) is 22.8 Å². The van der Waals surface area contributed by atoms with Crippen LogP contribution < -0.4 is 5.32 Å². The van der Waals surface area contributed by atoms with E-state index in [2.05, 4.69) is 15.2 Å². The second-order valence-electron chi connectivity index (χ2n) is 6.76. The first-order valence-electron chi connectivity index (χ1n) is 8.35. The molecule has 3 aliphatic rings. The van der Waals surface area contributed by atoms with Crippen molar-refractivity contribution in [1.29, 1.82) is 0 Å². The highest BCUT2D eigenvalue weighted by molar-refractivity contribution is 6.02. The Bertz CT molecular complexity index is 869. The highest BCUT2D eigenvalue weighted by Crippen LogP contribution is 2.28. The van der Waals surface area contributed by atoms with Gasteiger partial charge in [-0.3, -0.25) is 14.6 Å². The molecular formula is C17H16F3N3O3. The van der Waals surface area contributed by atoms with Gasteiger partial charge >= 0.3 is 12.0 Å². The van der Waals surface area contributed by atoms with Crippen LogP contribution >= 0.6 is 0 Å². The van der Waals surface area contributed by atoms with E-state index in [0.717, 1.165) is 38.5 Å². The fraction of sp³-hybridized carbons (Fsp3) is 0.471. The van der Waals surface area contributed by atoms with E-state index in [4.69, 9.17) is 4.42 Å². The Balaban J connectivity index is 1.53. The molecule has 5 heterocycles. The van der Waals surface area contributed by atoms with Crippen LogP contribution in [0.15, 0.2) is 22.7 Å². The molecule has 1 atom stereocenters. The number of piperidine rings is 3. The van der Waals surface area contributed by atoms with Gasteiger partial charge in [0.2, 0.25) is 0 Å². The van der Waals surface area contributed by atoms with E-state index in [-0.39, 0.29) is 22.7 Å². The van der Waals surface area contributed by atoms with Crippen molar-refractivity contribution in [2.24, 2.45) is 5.92 Å². The van der Waals surface area contributed by atoms with Crippen molar-refractivity contribution in [1.82, 2.24) is 15.2 Å². The molecule has 138 valence electrons. The zero-order chi connectivity index (χ0) is 18.5. The number of alkyl halides is 3. The molecule has 3 aliphatic heterocycles. The number of carbonyl (C=O) groups excluding carboxylic acids is 2. The maximum absolute atomic E-state index is 12.5. The molecular weight excluding hydrogens is 351 g/mol. The summed E-state index contributed by atoms with van der Waals surface area (Å²) in [6.45, 7) is 2.89. The minimum Gasteiger partial charge on any atom is -0.452 e. The van der Waals surface area contributed by atoms with Gasteiger partial charge in [0, 0.05) is 30.2 Å². The lowest BCUT2D eigenvalue weighted by atomic mass is 9.84. The number of Topliss-reactive ketones (excluding diaryl/α,β-unsaturated/α-hetero) is 1. The maximum atomic E-state index is 12.5. The first kappa shape index (κ1) is 17.0. The number of hydrogen-bond donors (Lipinski definition) is 1. The molecule has 2 aromatic rings. The Kier molecular flexibility index (Phi) is 3.98. The Morgan fingerprint density at radius 2 is 1.96 bits per heavy atom. The molecule has 3 saturated heterocycles. The summed E-state index contributed by atoms with van der Waals surface area (Å²) in [4.78, 5) is 30.0. The lowest BCUT2D eigenvalue weighted by molar-refractivity contribution is -0.0898. The molecule has 0 aliphatic carbocycles. The number of halogens is 3. The first-order chi connectivity index (χ1) is 12.3. The summed E-state index contributed by atoms with van der Waals surface area (Å²) in [5, 5.41) is 3.19. The van der Waals surface area contributed by atoms with Crippen molar-refractivity contribution in [2.45, 2.75) is 25.1 Å². The number of hydrogen-bond acceptors (Lipinski definition) is 5. The van der Waals surface area contributed by atoms with Crippen LogP contribution in [0.3, 0.4) is 0 Å². The summed E-state index contributed by atoms with van der Waals surface area (Å²) < 4.78 is 42.5. The van der Waals surface area contributed by atoms with Crippen molar-refractivity contribution in [3.8, 4) is 0 Å². The van der Waals surface area contributed by atoms with Gasteiger partial charge in [-0.15, -0.1) is 0 Å². The van der Waals surface area contributed by atoms with Crippen molar-refractivity contribution in [3.05, 3.63) is 29.8 Å². The number of carbonyl (C=O) groups is 2. The van der Waals surface area contributed by atoms with Crippen LogP contribution in [0.2, 0.25) is 0 Å². The van der Waals surface area contributed by atoms with Crippen LogP contribution in [0.25, 0.3) is 11.0 Å². The molecule has 0 unspecified atom stereocenters. The molecule has 9 heteroatoms. The third kappa shape index (κ3) is 3.07. The van der Waals surface area contributed by atoms with Gasteiger partial charge in [-0.05, 0) is 37.9 Å². The van der Waals surface area contributed by atoms with Gasteiger partial charge in [0.05, 0.1) is 0 Å². The lowest BCUT2D eigenvalue weighted by Gasteiger charge is -2.44. The first-order valence-corrected chi connectivity index (χ1v) is 8.35. The summed E-state index contributed by atoms with van der Waals surface area (Å²) in [6, 6.07) is 2.29. The third-order valence-electron chi connectivity index (χ3n) is 5.09. The summed E-state index contributed by atoms with van der Waals surface area (Å²) in [5.41, 5.74) is 0.0703. The molecule has 2 bridgehead atoms. The van der Waals surface area contributed by atoms with E-state index in [1.807, 2.05) is 0 Å². The van der Waals surface area contributed by atoms with E-state index in [1.54, 1.807) is 0 Å². The lowest BCUT2D eigenvalue weighted by Crippen LogP contribution is -2.57. The number of furan rings is 1. The van der Waals surface area contributed by atoms with Gasteiger partial charge in [0.15, 0.2) is 5.76 Å². The minimum absolute atomic E-state index is 0.0201. The largest absolute Gasteiger partial charge is 0.458 e. The summed E-state index contributed by atoms with van der Waals surface area (Å²) in [5.74, 6) is -2.84. The molecule has 2 aromatic heterocycles. The fourth-order valence-electron chi connectivity index (χ4n) is 3.68. The van der Waals surface area contributed by atoms with Crippen molar-refractivity contribution in [2.75, 3.05) is 19.6 Å². The zero-order valence-corrected chi connectivity index (χ0v) is 13.7. The van der Waals surface area contributed by atoms with E-state index >= 15 is 0 Å². The summed E-state index contributed by atoms with van der Waals surface area (Å²) in [7, 11) is 0. The number of nitrogens with zero attached hydrogens (tertiary/aromatic N) is 2. The second-order valence-corrected chi connectivity index (χ2v) is 6.76. The number of amides is 1. The number of pyridine rings is 1. The Labute approximate surface area is 146 Å². The Morgan fingerprint density at radius 1 is 1.23 bits per heavy atom. The van der Waals surface area contributed by atoms with Crippen LogP contribution in [0.1, 0.15) is 33.9 Å². The predicted octanol–water partition coefficient (Wildman–Crippen LogP) is 2.40. The highest BCUT2D eigenvalue weighted by Gasteiger charge is 2.41. The second kappa shape index (κ2) is 6.08. The maximum Gasteiger partial charge on any atom is 0.458 e. The van der Waals surface area contributed by atoms with Crippen LogP contribution in [0, 0.1) is 5.92 Å². The monoisotopic (exact) mass is 367 g/mol. The normalized spacial score (nSPS) is 25.4. The minimum atomic E-state index is -5.02. The van der Waals surface area contributed by atoms with Gasteiger partial charge in [-0.25, -0.2) is 0 Å². The smallest absolute Gasteiger partial charge is 0.452 e. The Hall–Kier alpha value is -2.42. The van der Waals surface area contributed by atoms with Crippen molar-refractivity contribution >= 4 is 22.7 Å². The van der Waals surface area contributed by atoms with Gasteiger partial charge in [0.1, 0.15) is 11.3 Å². The fourth-order valence-corrected chi connectivity index (χ4v) is 3.68. The predicted molar refractivity (Wildman–Crippen MR) is 84.8 cm³/mol. The van der Waals surface area contributed by atoms with Crippen LogP contribution in [-0.2, 0) is 0 Å². The van der Waals surface area contributed by atoms with Crippen LogP contribution in [0.4, 0.5) is 13.2 Å². The van der Waals surface area contributed by atoms with Gasteiger partial charge in [-0.1, -0.05) is 0 Å². The molecule has 0 aromatic carbocycles. The van der Waals surface area contributed by atoms with Crippen LogP contribution in [0.5, 0.6) is 0 Å². The third-order valence-corrected chi connectivity index (χ3v) is 5.09. The molecule has 1 N–H and O–H groups in total. The highest BCUT2D eigenvalue weighted by atomic mass is 19.4. The SMILES string of the molecule is O=C(N[C@H]1CN2CCC1CC2)c1cc2oc(C(=O)C(F)(F)F)cc2cn1. The van der Waals surface area contributed by atoms with Gasteiger partial charge < -0.3 is 14.6 Å². The van der Waals surface area contributed by atoms with Crippen molar-refractivity contribution in [3.63, 3.8) is 0 Å². The number of fused-ring (bicyclic) bond motifs is 4. The topological polar surface area (TPSA) is 75.4 Å². The number of rotatable bonds is 3. The number of ketones is 1. The molecule has 6 nitrogen and oxygen atoms in total. The quantitative estimate of drug-likeness (QED) is 0.844. The molecule has 0 spiro atoms. The average molecular weight is 367 g/mol.